The molecule has 0 atom stereocenters. The van der Waals surface area contributed by atoms with Crippen LogP contribution in [-0.4, -0.2) is 46.0 Å². The van der Waals surface area contributed by atoms with Crippen molar-refractivity contribution in [2.24, 2.45) is 0 Å². The van der Waals surface area contributed by atoms with Crippen molar-refractivity contribution in [2.45, 2.75) is 13.3 Å². The van der Waals surface area contributed by atoms with E-state index in [1.54, 1.807) is 24.0 Å². The van der Waals surface area contributed by atoms with Gasteiger partial charge in [-0.3, -0.25) is 9.59 Å². The van der Waals surface area contributed by atoms with Gasteiger partial charge in [0.25, 0.3) is 5.24 Å². The molecule has 6 nitrogen and oxygen atoms in total. The topological polar surface area (TPSA) is 86.7 Å². The minimum Gasteiger partial charge on any atom is -0.478 e. The lowest BCUT2D eigenvalue weighted by atomic mass is 10.1. The fourth-order valence-corrected chi connectivity index (χ4v) is 2.93. The van der Waals surface area contributed by atoms with Gasteiger partial charge in [-0.15, -0.1) is 0 Å². The van der Waals surface area contributed by atoms with Gasteiger partial charge in [0.05, 0.1) is 11.3 Å². The minimum absolute atomic E-state index is 0.00934. The average Bonchev–Trinajstić information content (AvgIpc) is 2.84. The summed E-state index contributed by atoms with van der Waals surface area (Å²) in [6.07, 6.45) is 0.152. The number of carboxylic acid groups (broad SMARTS) is 1. The van der Waals surface area contributed by atoms with E-state index in [-0.39, 0.29) is 23.1 Å². The first kappa shape index (κ1) is 15.4. The SMILES string of the molecule is Cc1cccc(C(=O)O)c1NC(=O)CCN1CCSC1=O. The molecule has 1 aliphatic rings. The Hall–Kier alpha value is -2.02. The predicted molar refractivity (Wildman–Crippen MR) is 80.8 cm³/mol. The maximum absolute atomic E-state index is 12.0. The molecule has 7 heteroatoms. The van der Waals surface area contributed by atoms with Gasteiger partial charge in [0.1, 0.15) is 0 Å². The van der Waals surface area contributed by atoms with Crippen molar-refractivity contribution in [1.82, 2.24) is 4.90 Å². The zero-order chi connectivity index (χ0) is 15.4. The number of thioether (sulfide) groups is 1. The van der Waals surface area contributed by atoms with Crippen LogP contribution in [0, 0.1) is 6.92 Å². The third kappa shape index (κ3) is 3.75. The lowest BCUT2D eigenvalue weighted by Gasteiger charge is -2.15. The Bertz CT molecular complexity index is 588. The number of nitrogens with one attached hydrogen (secondary N) is 1. The lowest BCUT2D eigenvalue weighted by molar-refractivity contribution is -0.116. The van der Waals surface area contributed by atoms with Crippen molar-refractivity contribution in [3.63, 3.8) is 0 Å². The van der Waals surface area contributed by atoms with Crippen LogP contribution >= 0.6 is 11.8 Å². The molecule has 21 heavy (non-hydrogen) atoms. The zero-order valence-electron chi connectivity index (χ0n) is 11.6. The summed E-state index contributed by atoms with van der Waals surface area (Å²) in [6, 6.07) is 4.82. The Labute approximate surface area is 126 Å². The molecule has 1 saturated heterocycles. The Kier molecular flexibility index (Phi) is 4.85. The largest absolute Gasteiger partial charge is 0.478 e. The van der Waals surface area contributed by atoms with Gasteiger partial charge in [0.2, 0.25) is 5.91 Å². The normalized spacial score (nSPS) is 14.3. The summed E-state index contributed by atoms with van der Waals surface area (Å²) in [5.41, 5.74) is 1.07. The molecule has 0 radical (unpaired) electrons. The molecule has 0 spiro atoms. The molecule has 2 rings (SSSR count). The molecule has 112 valence electrons. The van der Waals surface area contributed by atoms with Gasteiger partial charge in [0, 0.05) is 25.3 Å². The van der Waals surface area contributed by atoms with Gasteiger partial charge in [-0.05, 0) is 18.6 Å². The molecule has 0 bridgehead atoms. The summed E-state index contributed by atoms with van der Waals surface area (Å²) in [6.45, 7) is 2.75. The summed E-state index contributed by atoms with van der Waals surface area (Å²) in [4.78, 5) is 36.2. The third-order valence-electron chi connectivity index (χ3n) is 3.22. The average molecular weight is 308 g/mol. The number of para-hydroxylation sites is 1. The Balaban J connectivity index is 1.99. The predicted octanol–water partition coefficient (Wildman–Crippen LogP) is 2.19. The van der Waals surface area contributed by atoms with E-state index in [0.29, 0.717) is 24.3 Å². The molecular formula is C14H16N2O4S. The molecule has 1 heterocycles. The number of carbonyl (C=O) groups is 3. The number of carboxylic acids is 1. The Morgan fingerprint density at radius 1 is 1.43 bits per heavy atom. The van der Waals surface area contributed by atoms with Gasteiger partial charge in [-0.1, -0.05) is 23.9 Å². The number of rotatable bonds is 5. The van der Waals surface area contributed by atoms with Gasteiger partial charge >= 0.3 is 5.97 Å². The minimum atomic E-state index is -1.08. The molecular weight excluding hydrogens is 292 g/mol. The monoisotopic (exact) mass is 308 g/mol. The van der Waals surface area contributed by atoms with E-state index in [2.05, 4.69) is 5.32 Å². The van der Waals surface area contributed by atoms with E-state index >= 15 is 0 Å². The molecule has 2 amide bonds. The number of aromatic carboxylic acids is 1. The van der Waals surface area contributed by atoms with Crippen molar-refractivity contribution in [3.8, 4) is 0 Å². The number of hydrogen-bond donors (Lipinski definition) is 2. The van der Waals surface area contributed by atoms with Crippen molar-refractivity contribution in [3.05, 3.63) is 29.3 Å². The lowest BCUT2D eigenvalue weighted by Crippen LogP contribution is -2.28. The van der Waals surface area contributed by atoms with Gasteiger partial charge in [-0.25, -0.2) is 4.79 Å². The number of nitrogens with zero attached hydrogens (tertiary/aromatic N) is 1. The summed E-state index contributed by atoms with van der Waals surface area (Å²) < 4.78 is 0. The van der Waals surface area contributed by atoms with Crippen LogP contribution in [0.5, 0.6) is 0 Å². The first-order chi connectivity index (χ1) is 9.99. The van der Waals surface area contributed by atoms with Crippen LogP contribution in [-0.2, 0) is 4.79 Å². The summed E-state index contributed by atoms with van der Waals surface area (Å²) in [7, 11) is 0. The highest BCUT2D eigenvalue weighted by molar-refractivity contribution is 8.13. The van der Waals surface area contributed by atoms with Gasteiger partial charge < -0.3 is 15.3 Å². The standard InChI is InChI=1S/C14H16N2O4S/c1-9-3-2-4-10(13(18)19)12(9)15-11(17)5-6-16-7-8-21-14(16)20/h2-4H,5-8H2,1H3,(H,15,17)(H,18,19). The molecule has 0 aliphatic carbocycles. The summed E-state index contributed by atoms with van der Waals surface area (Å²) in [5.74, 6) is -0.627. The molecule has 2 N–H and O–H groups in total. The second-order valence-electron chi connectivity index (χ2n) is 4.70. The van der Waals surface area contributed by atoms with Crippen molar-refractivity contribution >= 4 is 34.6 Å². The Morgan fingerprint density at radius 3 is 2.81 bits per heavy atom. The second kappa shape index (κ2) is 6.62. The number of aryl methyl sites for hydroxylation is 1. The smallest absolute Gasteiger partial charge is 0.337 e. The molecule has 1 fully saturated rings. The fourth-order valence-electron chi connectivity index (χ4n) is 2.08. The number of anilines is 1. The van der Waals surface area contributed by atoms with Gasteiger partial charge in [0.15, 0.2) is 0 Å². The maximum atomic E-state index is 12.0. The molecule has 1 aliphatic heterocycles. The van der Waals surface area contributed by atoms with Gasteiger partial charge in [-0.2, -0.15) is 0 Å². The van der Waals surface area contributed by atoms with Crippen LogP contribution in [0.15, 0.2) is 18.2 Å². The molecule has 0 aromatic heterocycles. The summed E-state index contributed by atoms with van der Waals surface area (Å²) in [5, 5.41) is 11.8. The van der Waals surface area contributed by atoms with E-state index in [4.69, 9.17) is 5.11 Å². The maximum Gasteiger partial charge on any atom is 0.337 e. The van der Waals surface area contributed by atoms with Crippen LogP contribution in [0.4, 0.5) is 10.5 Å². The number of carbonyl (C=O) groups excluding carboxylic acids is 2. The first-order valence-corrected chi connectivity index (χ1v) is 7.52. The third-order valence-corrected chi connectivity index (χ3v) is 4.11. The van der Waals surface area contributed by atoms with Crippen LogP contribution in [0.1, 0.15) is 22.3 Å². The molecule has 0 unspecified atom stereocenters. The number of hydrogen-bond acceptors (Lipinski definition) is 4. The van der Waals surface area contributed by atoms with Crippen LogP contribution in [0.25, 0.3) is 0 Å². The zero-order valence-corrected chi connectivity index (χ0v) is 12.4. The van der Waals surface area contributed by atoms with Crippen molar-refractivity contribution in [2.75, 3.05) is 24.2 Å². The van der Waals surface area contributed by atoms with Crippen LogP contribution < -0.4 is 5.32 Å². The van der Waals surface area contributed by atoms with Crippen LogP contribution in [0.2, 0.25) is 0 Å². The molecule has 0 saturated carbocycles. The number of amides is 2. The van der Waals surface area contributed by atoms with Crippen molar-refractivity contribution in [1.29, 1.82) is 0 Å². The fraction of sp³-hybridized carbons (Fsp3) is 0.357. The molecule has 1 aromatic carbocycles. The van der Waals surface area contributed by atoms with E-state index in [9.17, 15) is 14.4 Å². The second-order valence-corrected chi connectivity index (χ2v) is 5.75. The van der Waals surface area contributed by atoms with Crippen LogP contribution in [0.3, 0.4) is 0 Å². The van der Waals surface area contributed by atoms with E-state index in [1.807, 2.05) is 0 Å². The summed E-state index contributed by atoms with van der Waals surface area (Å²) >= 11 is 1.25. The van der Waals surface area contributed by atoms with E-state index < -0.39 is 5.97 Å². The Morgan fingerprint density at radius 2 is 2.19 bits per heavy atom. The van der Waals surface area contributed by atoms with E-state index in [0.717, 1.165) is 5.75 Å². The quantitative estimate of drug-likeness (QED) is 0.870. The van der Waals surface area contributed by atoms with Crippen molar-refractivity contribution < 1.29 is 19.5 Å². The highest BCUT2D eigenvalue weighted by Crippen LogP contribution is 2.21. The molecule has 1 aromatic rings. The highest BCUT2D eigenvalue weighted by atomic mass is 32.2. The number of benzene rings is 1. The first-order valence-electron chi connectivity index (χ1n) is 6.53. The highest BCUT2D eigenvalue weighted by Gasteiger charge is 2.22. The van der Waals surface area contributed by atoms with E-state index in [1.165, 1.54) is 17.8 Å².